The van der Waals surface area contributed by atoms with E-state index in [1.165, 1.54) is 0 Å². The average Bonchev–Trinajstić information content (AvgIpc) is 2.45. The van der Waals surface area contributed by atoms with Gasteiger partial charge in [-0.25, -0.2) is 0 Å². The predicted molar refractivity (Wildman–Crippen MR) is 79.6 cm³/mol. The summed E-state index contributed by atoms with van der Waals surface area (Å²) in [5.41, 5.74) is 1.03. The van der Waals surface area contributed by atoms with E-state index in [-0.39, 0.29) is 23.7 Å². The van der Waals surface area contributed by atoms with E-state index in [0.29, 0.717) is 30.7 Å². The Kier molecular flexibility index (Phi) is 5.18. The maximum Gasteiger partial charge on any atom is 0.223 e. The van der Waals surface area contributed by atoms with Crippen LogP contribution in [0, 0.1) is 5.92 Å². The Morgan fingerprint density at radius 1 is 1.40 bits per heavy atom. The van der Waals surface area contributed by atoms with Gasteiger partial charge in [-0.2, -0.15) is 0 Å². The summed E-state index contributed by atoms with van der Waals surface area (Å²) in [6.07, 6.45) is 3.24. The number of hydrogen-bond donors (Lipinski definition) is 1. The van der Waals surface area contributed by atoms with E-state index in [9.17, 15) is 9.59 Å². The number of nitrogens with one attached hydrogen (secondary N) is 1. The standard InChI is InChI=1S/C16H20ClNO2/c1-2-15(12-4-3-5-13(17)10-12)18-16(20)11-6-8-14(19)9-7-11/h3-5,10-11,15H,2,6-9H2,1H3,(H,18,20). The molecular formula is C16H20ClNO2. The lowest BCUT2D eigenvalue weighted by Crippen LogP contribution is -2.35. The first-order valence-corrected chi connectivity index (χ1v) is 7.55. The van der Waals surface area contributed by atoms with E-state index in [0.717, 1.165) is 12.0 Å². The highest BCUT2D eigenvalue weighted by Crippen LogP contribution is 2.25. The third-order valence-corrected chi connectivity index (χ3v) is 4.12. The Bertz CT molecular complexity index is 491. The zero-order valence-corrected chi connectivity index (χ0v) is 12.5. The molecule has 3 nitrogen and oxygen atoms in total. The van der Waals surface area contributed by atoms with Gasteiger partial charge in [0.15, 0.2) is 0 Å². The fourth-order valence-corrected chi connectivity index (χ4v) is 2.83. The number of benzene rings is 1. The smallest absolute Gasteiger partial charge is 0.223 e. The van der Waals surface area contributed by atoms with Gasteiger partial charge in [-0.1, -0.05) is 30.7 Å². The molecule has 1 aliphatic rings. The molecule has 1 N–H and O–H groups in total. The molecule has 1 aromatic rings. The lowest BCUT2D eigenvalue weighted by Gasteiger charge is -2.24. The van der Waals surface area contributed by atoms with Crippen molar-refractivity contribution in [1.29, 1.82) is 0 Å². The zero-order chi connectivity index (χ0) is 14.5. The van der Waals surface area contributed by atoms with Gasteiger partial charge in [-0.05, 0) is 37.0 Å². The molecule has 2 rings (SSSR count). The van der Waals surface area contributed by atoms with E-state index in [4.69, 9.17) is 11.6 Å². The normalized spacial score (nSPS) is 17.8. The largest absolute Gasteiger partial charge is 0.349 e. The Hall–Kier alpha value is -1.35. The Balaban J connectivity index is 1.99. The second-order valence-electron chi connectivity index (χ2n) is 5.34. The molecule has 0 aromatic heterocycles. The van der Waals surface area contributed by atoms with Gasteiger partial charge in [0.2, 0.25) is 5.91 Å². The number of rotatable bonds is 4. The van der Waals surface area contributed by atoms with Gasteiger partial charge in [0.25, 0.3) is 0 Å². The molecule has 4 heteroatoms. The quantitative estimate of drug-likeness (QED) is 0.921. The van der Waals surface area contributed by atoms with Crippen LogP contribution in [-0.4, -0.2) is 11.7 Å². The number of halogens is 1. The van der Waals surface area contributed by atoms with Crippen LogP contribution < -0.4 is 5.32 Å². The van der Waals surface area contributed by atoms with Crippen molar-refractivity contribution in [3.05, 3.63) is 34.9 Å². The molecule has 1 atom stereocenters. The molecular weight excluding hydrogens is 274 g/mol. The van der Waals surface area contributed by atoms with Crippen LogP contribution in [0.1, 0.15) is 50.6 Å². The molecule has 108 valence electrons. The van der Waals surface area contributed by atoms with Crippen molar-refractivity contribution < 1.29 is 9.59 Å². The number of carbonyl (C=O) groups excluding carboxylic acids is 2. The van der Waals surface area contributed by atoms with Crippen LogP contribution in [-0.2, 0) is 9.59 Å². The summed E-state index contributed by atoms with van der Waals surface area (Å²) in [5.74, 6) is 0.307. The Morgan fingerprint density at radius 2 is 2.10 bits per heavy atom. The number of Topliss-reactive ketones (excluding diaryl/α,β-unsaturated/α-hetero) is 1. The summed E-state index contributed by atoms with van der Waals surface area (Å²) in [6, 6.07) is 7.57. The van der Waals surface area contributed by atoms with Crippen molar-refractivity contribution in [1.82, 2.24) is 5.32 Å². The summed E-state index contributed by atoms with van der Waals surface area (Å²) < 4.78 is 0. The van der Waals surface area contributed by atoms with Gasteiger partial charge in [-0.3, -0.25) is 9.59 Å². The Morgan fingerprint density at radius 3 is 2.70 bits per heavy atom. The third-order valence-electron chi connectivity index (χ3n) is 3.89. The molecule has 0 radical (unpaired) electrons. The van der Waals surface area contributed by atoms with Crippen LogP contribution in [0.15, 0.2) is 24.3 Å². The first-order valence-electron chi connectivity index (χ1n) is 7.17. The van der Waals surface area contributed by atoms with Crippen LogP contribution in [0.2, 0.25) is 5.02 Å². The molecule has 1 aliphatic carbocycles. The van der Waals surface area contributed by atoms with E-state index < -0.39 is 0 Å². The van der Waals surface area contributed by atoms with Crippen molar-refractivity contribution in [2.45, 2.75) is 45.1 Å². The average molecular weight is 294 g/mol. The molecule has 0 bridgehead atoms. The lowest BCUT2D eigenvalue weighted by molar-refractivity contribution is -0.129. The van der Waals surface area contributed by atoms with Crippen molar-refractivity contribution in [3.8, 4) is 0 Å². The molecule has 0 aliphatic heterocycles. The highest BCUT2D eigenvalue weighted by Gasteiger charge is 2.26. The van der Waals surface area contributed by atoms with E-state index in [1.54, 1.807) is 0 Å². The second-order valence-corrected chi connectivity index (χ2v) is 5.77. The van der Waals surface area contributed by atoms with Crippen LogP contribution in [0.5, 0.6) is 0 Å². The molecule has 20 heavy (non-hydrogen) atoms. The molecule has 1 unspecified atom stereocenters. The summed E-state index contributed by atoms with van der Waals surface area (Å²) in [4.78, 5) is 23.5. The van der Waals surface area contributed by atoms with Crippen molar-refractivity contribution in [2.24, 2.45) is 5.92 Å². The van der Waals surface area contributed by atoms with E-state index in [2.05, 4.69) is 5.32 Å². The number of carbonyl (C=O) groups is 2. The highest BCUT2D eigenvalue weighted by atomic mass is 35.5. The summed E-state index contributed by atoms with van der Waals surface area (Å²) >= 11 is 6.00. The zero-order valence-electron chi connectivity index (χ0n) is 11.7. The summed E-state index contributed by atoms with van der Waals surface area (Å²) in [6.45, 7) is 2.04. The maximum absolute atomic E-state index is 12.3. The van der Waals surface area contributed by atoms with Crippen LogP contribution in [0.25, 0.3) is 0 Å². The third kappa shape index (κ3) is 3.83. The van der Waals surface area contributed by atoms with Gasteiger partial charge in [0, 0.05) is 23.8 Å². The molecule has 0 spiro atoms. The SMILES string of the molecule is CCC(NC(=O)C1CCC(=O)CC1)c1cccc(Cl)c1. The fraction of sp³-hybridized carbons (Fsp3) is 0.500. The van der Waals surface area contributed by atoms with Gasteiger partial charge in [0.05, 0.1) is 6.04 Å². The number of hydrogen-bond acceptors (Lipinski definition) is 2. The minimum Gasteiger partial charge on any atom is -0.349 e. The first kappa shape index (κ1) is 15.0. The van der Waals surface area contributed by atoms with Gasteiger partial charge >= 0.3 is 0 Å². The summed E-state index contributed by atoms with van der Waals surface area (Å²) in [5, 5.41) is 3.76. The number of amides is 1. The molecule has 1 aromatic carbocycles. The summed E-state index contributed by atoms with van der Waals surface area (Å²) in [7, 11) is 0. The van der Waals surface area contributed by atoms with Crippen molar-refractivity contribution >= 4 is 23.3 Å². The minimum atomic E-state index is -0.0269. The molecule has 1 fully saturated rings. The van der Waals surface area contributed by atoms with Gasteiger partial charge in [-0.15, -0.1) is 0 Å². The van der Waals surface area contributed by atoms with Gasteiger partial charge < -0.3 is 5.32 Å². The van der Waals surface area contributed by atoms with E-state index in [1.807, 2.05) is 31.2 Å². The number of ketones is 1. The highest BCUT2D eigenvalue weighted by molar-refractivity contribution is 6.30. The van der Waals surface area contributed by atoms with Crippen LogP contribution in [0.4, 0.5) is 0 Å². The van der Waals surface area contributed by atoms with Crippen molar-refractivity contribution in [2.75, 3.05) is 0 Å². The molecule has 0 heterocycles. The topological polar surface area (TPSA) is 46.2 Å². The van der Waals surface area contributed by atoms with E-state index >= 15 is 0 Å². The van der Waals surface area contributed by atoms with Crippen molar-refractivity contribution in [3.63, 3.8) is 0 Å². The minimum absolute atomic E-state index is 0.0150. The second kappa shape index (κ2) is 6.89. The van der Waals surface area contributed by atoms with Crippen LogP contribution in [0.3, 0.4) is 0 Å². The molecule has 1 saturated carbocycles. The van der Waals surface area contributed by atoms with Crippen LogP contribution >= 0.6 is 11.6 Å². The fourth-order valence-electron chi connectivity index (χ4n) is 2.64. The maximum atomic E-state index is 12.3. The molecule has 1 amide bonds. The molecule has 0 saturated heterocycles. The predicted octanol–water partition coefficient (Wildman–Crippen LogP) is 3.67. The van der Waals surface area contributed by atoms with Gasteiger partial charge in [0.1, 0.15) is 5.78 Å². The monoisotopic (exact) mass is 293 g/mol. The lowest BCUT2D eigenvalue weighted by atomic mass is 9.87. The Labute approximate surface area is 124 Å². The first-order chi connectivity index (χ1) is 9.60.